The highest BCUT2D eigenvalue weighted by atomic mass is 32.1. The molecule has 0 atom stereocenters. The highest BCUT2D eigenvalue weighted by Gasteiger charge is 2.40. The zero-order valence-corrected chi connectivity index (χ0v) is 16.9. The lowest BCUT2D eigenvalue weighted by Gasteiger charge is -2.28. The number of hydrogen-bond donors (Lipinski definition) is 1. The van der Waals surface area contributed by atoms with Crippen LogP contribution in [0.2, 0.25) is 0 Å². The second-order valence-corrected chi connectivity index (χ2v) is 7.76. The number of nitrogens with zero attached hydrogens (tertiary/aromatic N) is 1. The van der Waals surface area contributed by atoms with E-state index in [2.05, 4.69) is 16.9 Å². The van der Waals surface area contributed by atoms with E-state index in [-0.39, 0.29) is 11.4 Å². The van der Waals surface area contributed by atoms with Gasteiger partial charge in [0, 0.05) is 22.2 Å². The van der Waals surface area contributed by atoms with E-state index in [4.69, 9.17) is 9.47 Å². The molecule has 5 nitrogen and oxygen atoms in total. The number of carbonyl (C=O) groups excluding carboxylic acids is 1. The van der Waals surface area contributed by atoms with Crippen molar-refractivity contribution in [1.29, 1.82) is 0 Å². The predicted molar refractivity (Wildman–Crippen MR) is 108 cm³/mol. The molecule has 1 aliphatic rings. The summed E-state index contributed by atoms with van der Waals surface area (Å²) in [5.41, 5.74) is 2.06. The quantitative estimate of drug-likeness (QED) is 0.717. The number of nitrogens with one attached hydrogen (secondary N) is 1. The molecule has 1 fully saturated rings. The number of ether oxygens (including phenoxy) is 2. The highest BCUT2D eigenvalue weighted by molar-refractivity contribution is 7.09. The number of aromatic nitrogens is 1. The SMILES string of the molecule is C=CCc1cc(C(=O)NC2(c3nc(C)cs3)CCCC2)cc(OC)c1OC. The van der Waals surface area contributed by atoms with Gasteiger partial charge in [-0.25, -0.2) is 4.98 Å². The molecule has 144 valence electrons. The van der Waals surface area contributed by atoms with Gasteiger partial charge in [0.25, 0.3) is 5.91 Å². The lowest BCUT2D eigenvalue weighted by atomic mass is 9.97. The topological polar surface area (TPSA) is 60.5 Å². The second kappa shape index (κ2) is 8.13. The van der Waals surface area contributed by atoms with Crippen LogP contribution in [0.5, 0.6) is 11.5 Å². The Morgan fingerprint density at radius 2 is 2.07 bits per heavy atom. The molecule has 1 aromatic heterocycles. The average Bonchev–Trinajstić information content (AvgIpc) is 3.31. The van der Waals surface area contributed by atoms with E-state index in [0.29, 0.717) is 23.5 Å². The van der Waals surface area contributed by atoms with Crippen LogP contribution in [-0.4, -0.2) is 25.1 Å². The van der Waals surface area contributed by atoms with Crippen LogP contribution in [0.4, 0.5) is 0 Å². The summed E-state index contributed by atoms with van der Waals surface area (Å²) in [6.07, 6.45) is 6.39. The van der Waals surface area contributed by atoms with Gasteiger partial charge in [-0.3, -0.25) is 4.79 Å². The first-order valence-electron chi connectivity index (χ1n) is 9.14. The number of rotatable bonds is 7. The van der Waals surface area contributed by atoms with E-state index >= 15 is 0 Å². The Kier molecular flexibility index (Phi) is 5.85. The van der Waals surface area contributed by atoms with Gasteiger partial charge in [0.1, 0.15) is 5.01 Å². The van der Waals surface area contributed by atoms with Crippen molar-refractivity contribution in [2.45, 2.75) is 44.6 Å². The molecule has 1 aliphatic carbocycles. The molecule has 27 heavy (non-hydrogen) atoms. The van der Waals surface area contributed by atoms with Crippen LogP contribution in [0.15, 0.2) is 30.2 Å². The molecule has 0 saturated heterocycles. The normalized spacial score (nSPS) is 15.4. The summed E-state index contributed by atoms with van der Waals surface area (Å²) in [5, 5.41) is 6.32. The van der Waals surface area contributed by atoms with Gasteiger partial charge in [-0.15, -0.1) is 17.9 Å². The summed E-state index contributed by atoms with van der Waals surface area (Å²) < 4.78 is 10.9. The Hall–Kier alpha value is -2.34. The Morgan fingerprint density at radius 3 is 2.63 bits per heavy atom. The first kappa shape index (κ1) is 19.4. The van der Waals surface area contributed by atoms with Crippen LogP contribution in [-0.2, 0) is 12.0 Å². The number of allylic oxidation sites excluding steroid dienone is 1. The smallest absolute Gasteiger partial charge is 0.252 e. The van der Waals surface area contributed by atoms with Crippen molar-refractivity contribution in [3.63, 3.8) is 0 Å². The predicted octanol–water partition coefficient (Wildman–Crippen LogP) is 4.40. The van der Waals surface area contributed by atoms with Gasteiger partial charge in [0.05, 0.1) is 19.8 Å². The molecule has 1 aromatic carbocycles. The summed E-state index contributed by atoms with van der Waals surface area (Å²) in [6, 6.07) is 3.59. The van der Waals surface area contributed by atoms with E-state index in [0.717, 1.165) is 41.9 Å². The number of amides is 1. The molecule has 0 bridgehead atoms. The molecule has 0 spiro atoms. The minimum Gasteiger partial charge on any atom is -0.493 e. The molecule has 1 heterocycles. The van der Waals surface area contributed by atoms with Crippen molar-refractivity contribution in [2.24, 2.45) is 0 Å². The maximum Gasteiger partial charge on any atom is 0.252 e. The van der Waals surface area contributed by atoms with Crippen LogP contribution in [0.3, 0.4) is 0 Å². The summed E-state index contributed by atoms with van der Waals surface area (Å²) in [7, 11) is 3.18. The van der Waals surface area contributed by atoms with Crippen molar-refractivity contribution in [3.8, 4) is 11.5 Å². The zero-order chi connectivity index (χ0) is 19.4. The van der Waals surface area contributed by atoms with Gasteiger partial charge in [0.15, 0.2) is 11.5 Å². The average molecular weight is 387 g/mol. The van der Waals surface area contributed by atoms with Crippen molar-refractivity contribution in [1.82, 2.24) is 10.3 Å². The lowest BCUT2D eigenvalue weighted by molar-refractivity contribution is 0.0897. The zero-order valence-electron chi connectivity index (χ0n) is 16.1. The first-order valence-corrected chi connectivity index (χ1v) is 10.0. The lowest BCUT2D eigenvalue weighted by Crippen LogP contribution is -2.43. The number of benzene rings is 1. The van der Waals surface area contributed by atoms with Gasteiger partial charge in [-0.2, -0.15) is 0 Å². The van der Waals surface area contributed by atoms with Crippen LogP contribution < -0.4 is 14.8 Å². The third kappa shape index (κ3) is 3.86. The Morgan fingerprint density at radius 1 is 1.33 bits per heavy atom. The van der Waals surface area contributed by atoms with Crippen LogP contribution in [0.25, 0.3) is 0 Å². The van der Waals surface area contributed by atoms with Crippen molar-refractivity contribution >= 4 is 17.2 Å². The minimum atomic E-state index is -0.373. The van der Waals surface area contributed by atoms with Crippen molar-refractivity contribution in [2.75, 3.05) is 14.2 Å². The van der Waals surface area contributed by atoms with Gasteiger partial charge >= 0.3 is 0 Å². The van der Waals surface area contributed by atoms with Gasteiger partial charge in [-0.05, 0) is 38.3 Å². The summed E-state index contributed by atoms with van der Waals surface area (Å²) in [4.78, 5) is 17.8. The van der Waals surface area contributed by atoms with E-state index in [1.807, 2.05) is 18.4 Å². The van der Waals surface area contributed by atoms with Crippen LogP contribution >= 0.6 is 11.3 Å². The molecule has 6 heteroatoms. The van der Waals surface area contributed by atoms with E-state index < -0.39 is 0 Å². The second-order valence-electron chi connectivity index (χ2n) is 6.90. The Labute approximate surface area is 164 Å². The molecule has 0 aliphatic heterocycles. The molecule has 2 aromatic rings. The first-order chi connectivity index (χ1) is 13.0. The molecule has 1 N–H and O–H groups in total. The van der Waals surface area contributed by atoms with Crippen molar-refractivity contribution in [3.05, 3.63) is 52.0 Å². The highest BCUT2D eigenvalue weighted by Crippen LogP contribution is 2.41. The number of hydrogen-bond acceptors (Lipinski definition) is 5. The number of aryl methyl sites for hydroxylation is 1. The molecule has 1 amide bonds. The van der Waals surface area contributed by atoms with E-state index in [1.54, 1.807) is 37.7 Å². The molecule has 3 rings (SSSR count). The van der Waals surface area contributed by atoms with E-state index in [9.17, 15) is 4.79 Å². The fourth-order valence-electron chi connectivity index (χ4n) is 3.72. The molecule has 0 radical (unpaired) electrons. The largest absolute Gasteiger partial charge is 0.493 e. The summed E-state index contributed by atoms with van der Waals surface area (Å²) in [5.74, 6) is 1.07. The van der Waals surface area contributed by atoms with Gasteiger partial charge in [0.2, 0.25) is 0 Å². The Balaban J connectivity index is 1.95. The summed E-state index contributed by atoms with van der Waals surface area (Å²) >= 11 is 1.62. The Bertz CT molecular complexity index is 838. The maximum absolute atomic E-state index is 13.2. The number of methoxy groups -OCH3 is 2. The van der Waals surface area contributed by atoms with Crippen LogP contribution in [0, 0.1) is 6.92 Å². The molecule has 0 unspecified atom stereocenters. The minimum absolute atomic E-state index is 0.115. The van der Waals surface area contributed by atoms with Gasteiger partial charge in [-0.1, -0.05) is 18.9 Å². The molecular formula is C21H26N2O3S. The number of thiazole rings is 1. The number of carbonyl (C=O) groups is 1. The molecule has 1 saturated carbocycles. The standard InChI is InChI=1S/C21H26N2O3S/c1-5-8-15-11-16(12-17(25-3)18(15)26-4)19(24)23-21(9-6-7-10-21)20-22-14(2)13-27-20/h5,11-13H,1,6-10H2,2-4H3,(H,23,24). The van der Waals surface area contributed by atoms with Crippen LogP contribution in [0.1, 0.15) is 52.3 Å². The molecular weight excluding hydrogens is 360 g/mol. The third-order valence-electron chi connectivity index (χ3n) is 5.02. The fraction of sp³-hybridized carbons (Fsp3) is 0.429. The monoisotopic (exact) mass is 386 g/mol. The fourth-order valence-corrected chi connectivity index (χ4v) is 4.73. The third-order valence-corrected chi connectivity index (χ3v) is 6.18. The van der Waals surface area contributed by atoms with Crippen molar-refractivity contribution < 1.29 is 14.3 Å². The summed E-state index contributed by atoms with van der Waals surface area (Å²) in [6.45, 7) is 5.78. The van der Waals surface area contributed by atoms with E-state index in [1.165, 1.54) is 0 Å². The maximum atomic E-state index is 13.2. The van der Waals surface area contributed by atoms with Gasteiger partial charge < -0.3 is 14.8 Å².